The van der Waals surface area contributed by atoms with Crippen molar-refractivity contribution in [1.29, 1.82) is 0 Å². The lowest BCUT2D eigenvalue weighted by atomic mass is 9.83. The molecule has 0 N–H and O–H groups in total. The van der Waals surface area contributed by atoms with Crippen LogP contribution in [0.3, 0.4) is 0 Å². The molecule has 0 amide bonds. The van der Waals surface area contributed by atoms with Crippen LogP contribution < -0.4 is 0 Å². The van der Waals surface area contributed by atoms with Gasteiger partial charge in [-0.25, -0.2) is 4.79 Å². The SMILES string of the molecule is C=C(C)C(=O)OC(C)C1OC(=O)C(CC)(S(F)(F)(F)(F)F)C1CC. The number of carbonyl (C=O) groups is 2. The summed E-state index contributed by atoms with van der Waals surface area (Å²) in [5, 5.41) is 0. The Bertz CT molecular complexity index is 573. The van der Waals surface area contributed by atoms with E-state index in [4.69, 9.17) is 4.74 Å². The number of esters is 2. The van der Waals surface area contributed by atoms with Gasteiger partial charge in [-0.3, -0.25) is 4.79 Å². The molecule has 1 rings (SSSR count). The quantitative estimate of drug-likeness (QED) is 0.374. The topological polar surface area (TPSA) is 52.6 Å². The Morgan fingerprint density at radius 1 is 1.33 bits per heavy atom. The lowest BCUT2D eigenvalue weighted by molar-refractivity contribution is -0.158. The summed E-state index contributed by atoms with van der Waals surface area (Å²) in [7, 11) is -10.2. The smallest absolute Gasteiger partial charge is 0.333 e. The fourth-order valence-electron chi connectivity index (χ4n) is 3.17. The van der Waals surface area contributed by atoms with E-state index in [2.05, 4.69) is 11.3 Å². The van der Waals surface area contributed by atoms with Gasteiger partial charge in [0.05, 0.1) is 0 Å². The molecule has 1 aliphatic heterocycles. The molecule has 10 heteroatoms. The first-order chi connectivity index (χ1) is 10.5. The van der Waals surface area contributed by atoms with Crippen LogP contribution in [0.5, 0.6) is 0 Å². The zero-order valence-corrected chi connectivity index (χ0v) is 14.6. The van der Waals surface area contributed by atoms with E-state index in [0.29, 0.717) is 0 Å². The number of hydrogen-bond acceptors (Lipinski definition) is 4. The van der Waals surface area contributed by atoms with Crippen molar-refractivity contribution in [2.45, 2.75) is 57.5 Å². The van der Waals surface area contributed by atoms with E-state index >= 15 is 0 Å². The first kappa shape index (κ1) is 20.7. The van der Waals surface area contributed by atoms with Gasteiger partial charge in [0.1, 0.15) is 12.2 Å². The molecule has 1 saturated heterocycles. The summed E-state index contributed by atoms with van der Waals surface area (Å²) in [6, 6.07) is 0. The van der Waals surface area contributed by atoms with Crippen LogP contribution >= 0.6 is 10.2 Å². The van der Waals surface area contributed by atoms with E-state index < -0.39 is 57.9 Å². The van der Waals surface area contributed by atoms with Crippen LogP contribution in [0.15, 0.2) is 12.2 Å². The Morgan fingerprint density at radius 2 is 1.83 bits per heavy atom. The average Bonchev–Trinajstić information content (AvgIpc) is 2.69. The molecular weight excluding hydrogens is 359 g/mol. The fourth-order valence-corrected chi connectivity index (χ4v) is 4.95. The molecule has 4 unspecified atom stereocenters. The molecule has 0 spiro atoms. The molecule has 1 heterocycles. The number of cyclic esters (lactones) is 1. The highest BCUT2D eigenvalue weighted by Crippen LogP contribution is 3.05. The van der Waals surface area contributed by atoms with E-state index in [9.17, 15) is 29.0 Å². The highest BCUT2D eigenvalue weighted by molar-refractivity contribution is 8.47. The first-order valence-corrected chi connectivity index (χ1v) is 9.28. The molecule has 1 fully saturated rings. The van der Waals surface area contributed by atoms with Crippen LogP contribution in [-0.2, 0) is 19.1 Å². The molecule has 1 aliphatic rings. The summed E-state index contributed by atoms with van der Waals surface area (Å²) in [5.74, 6) is -4.78. The number of rotatable bonds is 6. The second-order valence-electron chi connectivity index (χ2n) is 5.99. The van der Waals surface area contributed by atoms with Crippen molar-refractivity contribution in [3.05, 3.63) is 12.2 Å². The summed E-state index contributed by atoms with van der Waals surface area (Å²) in [5.41, 5.74) is -0.0197. The van der Waals surface area contributed by atoms with Crippen LogP contribution in [0, 0.1) is 5.92 Å². The van der Waals surface area contributed by atoms with Crippen LogP contribution in [0.1, 0.15) is 40.5 Å². The third-order valence-electron chi connectivity index (χ3n) is 4.34. The van der Waals surface area contributed by atoms with Crippen LogP contribution in [-0.4, -0.2) is 28.9 Å². The maximum absolute atomic E-state index is 13.7. The second kappa shape index (κ2) is 5.34. The van der Waals surface area contributed by atoms with Gasteiger partial charge >= 0.3 is 22.2 Å². The van der Waals surface area contributed by atoms with Crippen molar-refractivity contribution >= 4 is 22.2 Å². The maximum atomic E-state index is 13.7. The number of hydrogen-bond donors (Lipinski definition) is 0. The Kier molecular flexibility index (Phi) is 4.61. The highest BCUT2D eigenvalue weighted by Gasteiger charge is 2.87. The molecule has 0 bridgehead atoms. The van der Waals surface area contributed by atoms with Gasteiger partial charge in [0.2, 0.25) is 4.75 Å². The summed E-state index contributed by atoms with van der Waals surface area (Å²) in [4.78, 5) is 23.5. The minimum absolute atomic E-state index is 0.0197. The molecule has 0 saturated carbocycles. The number of carbonyl (C=O) groups excluding carboxylic acids is 2. The minimum atomic E-state index is -10.2. The molecule has 142 valence electrons. The molecular formula is C14H21F5O4S. The van der Waals surface area contributed by atoms with Crippen molar-refractivity contribution in [2.75, 3.05) is 0 Å². The monoisotopic (exact) mass is 380 g/mol. The Hall–Kier alpha value is -1.32. The Morgan fingerprint density at radius 3 is 2.17 bits per heavy atom. The summed E-state index contributed by atoms with van der Waals surface area (Å²) >= 11 is 0. The van der Waals surface area contributed by atoms with Crippen LogP contribution in [0.25, 0.3) is 0 Å². The van der Waals surface area contributed by atoms with Crippen LogP contribution in [0.2, 0.25) is 0 Å². The zero-order valence-electron chi connectivity index (χ0n) is 13.8. The maximum Gasteiger partial charge on any atom is 0.333 e. The largest absolute Gasteiger partial charge is 0.457 e. The first-order valence-electron chi connectivity index (χ1n) is 7.33. The zero-order chi connectivity index (χ0) is 19.2. The van der Waals surface area contributed by atoms with Gasteiger partial charge in [0.25, 0.3) is 0 Å². The normalized spacial score (nSPS) is 31.6. The molecule has 0 aromatic heterocycles. The Labute approximate surface area is 137 Å². The summed E-state index contributed by atoms with van der Waals surface area (Å²) < 4.78 is 74.0. The van der Waals surface area contributed by atoms with Crippen molar-refractivity contribution in [2.24, 2.45) is 5.92 Å². The molecule has 0 aliphatic carbocycles. The van der Waals surface area contributed by atoms with Crippen molar-refractivity contribution in [3.63, 3.8) is 0 Å². The van der Waals surface area contributed by atoms with Crippen LogP contribution in [0.4, 0.5) is 19.4 Å². The molecule has 0 aromatic carbocycles. The van der Waals surface area contributed by atoms with Gasteiger partial charge in [-0.2, -0.15) is 0 Å². The predicted octanol–water partition coefficient (Wildman–Crippen LogP) is 4.89. The second-order valence-corrected chi connectivity index (χ2v) is 8.65. The highest BCUT2D eigenvalue weighted by atomic mass is 32.5. The Balaban J connectivity index is 3.37. The van der Waals surface area contributed by atoms with E-state index in [1.807, 2.05) is 0 Å². The van der Waals surface area contributed by atoms with E-state index in [1.54, 1.807) is 0 Å². The standard InChI is InChI=1S/C14H21F5O4S/c1-6-10-11(9(5)22-12(20)8(3)4)23-13(21)14(10,7-2)24(15,16,17,18)19/h9-11H,3,6-7H2,1-2,4-5H3. The van der Waals surface area contributed by atoms with E-state index in [1.165, 1.54) is 20.8 Å². The van der Waals surface area contributed by atoms with Crippen molar-refractivity contribution in [1.82, 2.24) is 0 Å². The summed E-state index contributed by atoms with van der Waals surface area (Å²) in [6.45, 7) is 7.95. The van der Waals surface area contributed by atoms with Gasteiger partial charge in [0.15, 0.2) is 0 Å². The molecule has 4 nitrogen and oxygen atoms in total. The summed E-state index contributed by atoms with van der Waals surface area (Å²) in [6.07, 6.45) is -4.49. The van der Waals surface area contributed by atoms with Gasteiger partial charge in [-0.05, 0) is 26.7 Å². The number of ether oxygens (including phenoxy) is 2. The van der Waals surface area contributed by atoms with Crippen molar-refractivity contribution < 1.29 is 38.5 Å². The predicted molar refractivity (Wildman–Crippen MR) is 80.2 cm³/mol. The van der Waals surface area contributed by atoms with E-state index in [0.717, 1.165) is 6.92 Å². The molecule has 24 heavy (non-hydrogen) atoms. The van der Waals surface area contributed by atoms with Gasteiger partial charge in [0, 0.05) is 11.5 Å². The van der Waals surface area contributed by atoms with Gasteiger partial charge in [-0.15, -0.1) is 0 Å². The molecule has 0 radical (unpaired) electrons. The third kappa shape index (κ3) is 3.12. The number of halogens is 5. The molecule has 0 aromatic rings. The average molecular weight is 380 g/mol. The lowest BCUT2D eigenvalue weighted by Crippen LogP contribution is -2.51. The molecule has 4 atom stereocenters. The van der Waals surface area contributed by atoms with Gasteiger partial charge < -0.3 is 9.47 Å². The van der Waals surface area contributed by atoms with E-state index in [-0.39, 0.29) is 5.57 Å². The lowest BCUT2D eigenvalue weighted by Gasteiger charge is -2.53. The fraction of sp³-hybridized carbons (Fsp3) is 0.714. The third-order valence-corrected chi connectivity index (χ3v) is 6.48. The van der Waals surface area contributed by atoms with Crippen molar-refractivity contribution in [3.8, 4) is 0 Å². The van der Waals surface area contributed by atoms with Gasteiger partial charge in [-0.1, -0.05) is 39.9 Å². The minimum Gasteiger partial charge on any atom is -0.457 e.